The van der Waals surface area contributed by atoms with Gasteiger partial charge in [-0.15, -0.1) is 0 Å². The lowest BCUT2D eigenvalue weighted by atomic mass is 10.1. The molecule has 4 amide bonds. The van der Waals surface area contributed by atoms with Crippen LogP contribution in [-0.4, -0.2) is 62.5 Å². The van der Waals surface area contributed by atoms with E-state index >= 15 is 0 Å². The molecular formula is C19H19N3O7. The van der Waals surface area contributed by atoms with Gasteiger partial charge in [-0.2, -0.15) is 0 Å². The molecule has 2 rings (SSSR count). The lowest BCUT2D eigenvalue weighted by Gasteiger charge is -2.22. The zero-order chi connectivity index (χ0) is 21.9. The fraction of sp³-hybridized carbons (Fsp3) is 0.211. The molecule has 0 radical (unpaired) electrons. The molecule has 1 aliphatic heterocycles. The van der Waals surface area contributed by atoms with E-state index in [2.05, 4.69) is 11.9 Å². The minimum absolute atomic E-state index is 0.0548. The quantitative estimate of drug-likeness (QED) is 0.333. The van der Waals surface area contributed by atoms with Crippen molar-refractivity contribution in [2.24, 2.45) is 0 Å². The molecule has 0 bridgehead atoms. The zero-order valence-corrected chi connectivity index (χ0v) is 15.7. The van der Waals surface area contributed by atoms with E-state index in [0.717, 1.165) is 11.1 Å². The van der Waals surface area contributed by atoms with Crippen LogP contribution in [0.2, 0.25) is 0 Å². The van der Waals surface area contributed by atoms with Crippen molar-refractivity contribution < 1.29 is 34.2 Å². The van der Waals surface area contributed by atoms with Crippen LogP contribution in [0.3, 0.4) is 0 Å². The van der Waals surface area contributed by atoms with E-state index in [0.29, 0.717) is 4.90 Å². The van der Waals surface area contributed by atoms with Crippen LogP contribution in [-0.2, 0) is 14.4 Å². The van der Waals surface area contributed by atoms with E-state index in [9.17, 15) is 29.1 Å². The second-order valence-corrected chi connectivity index (χ2v) is 6.26. The van der Waals surface area contributed by atoms with Gasteiger partial charge in [-0.1, -0.05) is 18.7 Å². The van der Waals surface area contributed by atoms with E-state index in [4.69, 9.17) is 5.11 Å². The summed E-state index contributed by atoms with van der Waals surface area (Å²) in [6.07, 6.45) is -1.37. The Labute approximate surface area is 165 Å². The molecule has 29 heavy (non-hydrogen) atoms. The Morgan fingerprint density at radius 3 is 2.14 bits per heavy atom. The minimum atomic E-state index is -2.22. The summed E-state index contributed by atoms with van der Waals surface area (Å²) in [6.45, 7) is 5.55. The Balaban J connectivity index is 2.12. The van der Waals surface area contributed by atoms with Gasteiger partial charge in [-0.05, 0) is 26.0 Å². The van der Waals surface area contributed by atoms with Crippen LogP contribution < -0.4 is 5.32 Å². The van der Waals surface area contributed by atoms with Crippen molar-refractivity contribution in [1.82, 2.24) is 15.1 Å². The molecule has 152 valence electrons. The number of aliphatic hydroxyl groups is 1. The van der Waals surface area contributed by atoms with Crippen LogP contribution in [0.15, 0.2) is 48.2 Å². The van der Waals surface area contributed by atoms with Crippen LogP contribution in [0, 0.1) is 0 Å². The normalized spacial score (nSPS) is 14.3. The van der Waals surface area contributed by atoms with Crippen molar-refractivity contribution in [2.45, 2.75) is 20.1 Å². The Bertz CT molecular complexity index is 916. The van der Waals surface area contributed by atoms with Gasteiger partial charge >= 0.3 is 5.97 Å². The number of fused-ring (bicyclic) bond motifs is 1. The Morgan fingerprint density at radius 2 is 1.69 bits per heavy atom. The van der Waals surface area contributed by atoms with E-state index in [1.54, 1.807) is 12.1 Å². The zero-order valence-electron chi connectivity index (χ0n) is 15.7. The Kier molecular flexibility index (Phi) is 6.29. The van der Waals surface area contributed by atoms with Crippen LogP contribution >= 0.6 is 0 Å². The molecule has 0 fully saturated rings. The molecule has 3 N–H and O–H groups in total. The number of amides is 4. The number of carbonyl (C=O) groups excluding carboxylic acids is 4. The Hall–Kier alpha value is -3.79. The number of carboxylic acids is 1. The highest BCUT2D eigenvalue weighted by Crippen LogP contribution is 2.21. The number of rotatable bonds is 7. The van der Waals surface area contributed by atoms with Gasteiger partial charge in [-0.25, -0.2) is 4.79 Å². The smallest absolute Gasteiger partial charge is 0.354 e. The van der Waals surface area contributed by atoms with E-state index in [-0.39, 0.29) is 22.3 Å². The summed E-state index contributed by atoms with van der Waals surface area (Å²) in [6, 6.07) is 6.22. The van der Waals surface area contributed by atoms with Gasteiger partial charge in [0.1, 0.15) is 6.67 Å². The number of hydrogen-bond acceptors (Lipinski definition) is 6. The molecule has 10 heteroatoms. The monoisotopic (exact) mass is 401 g/mol. The number of aliphatic carboxylic acids is 1. The number of hydrogen-bond donors (Lipinski definition) is 3. The second-order valence-electron chi connectivity index (χ2n) is 6.26. The molecule has 0 spiro atoms. The van der Waals surface area contributed by atoms with Crippen molar-refractivity contribution in [2.75, 3.05) is 6.67 Å². The largest absolute Gasteiger partial charge is 0.478 e. The standard InChI is InChI=1S/C19H19N3O7/c1-10(2)15(24)21(18(27)19(28)29)8-11(3)14(23)20-9-22-16(25)12-6-4-5-7-13(12)17(22)26/h4-8,18,27H,1,9H2,2-3H3,(H,20,23)(H,28,29). The predicted octanol–water partition coefficient (Wildman–Crippen LogP) is 0.0678. The average Bonchev–Trinajstić information content (AvgIpc) is 2.93. The van der Waals surface area contributed by atoms with E-state index in [1.165, 1.54) is 26.0 Å². The maximum Gasteiger partial charge on any atom is 0.354 e. The van der Waals surface area contributed by atoms with Gasteiger partial charge in [-0.3, -0.25) is 29.0 Å². The molecule has 0 saturated heterocycles. The molecule has 1 aliphatic rings. The highest BCUT2D eigenvalue weighted by molar-refractivity contribution is 6.21. The first kappa shape index (κ1) is 21.5. The molecule has 0 aliphatic carbocycles. The van der Waals surface area contributed by atoms with Crippen molar-refractivity contribution in [3.8, 4) is 0 Å². The first-order chi connectivity index (χ1) is 13.6. The number of imide groups is 1. The molecule has 1 heterocycles. The van der Waals surface area contributed by atoms with Crippen LogP contribution in [0.5, 0.6) is 0 Å². The number of carbonyl (C=O) groups is 5. The number of benzene rings is 1. The fourth-order valence-corrected chi connectivity index (χ4v) is 2.52. The fourth-order valence-electron chi connectivity index (χ4n) is 2.52. The molecule has 1 atom stereocenters. The summed E-state index contributed by atoms with van der Waals surface area (Å²) in [5.74, 6) is -4.50. The van der Waals surface area contributed by atoms with Gasteiger partial charge in [0.15, 0.2) is 0 Å². The summed E-state index contributed by atoms with van der Waals surface area (Å²) in [4.78, 5) is 61.2. The molecule has 1 aromatic carbocycles. The summed E-state index contributed by atoms with van der Waals surface area (Å²) in [7, 11) is 0. The third-order valence-electron chi connectivity index (χ3n) is 4.05. The van der Waals surface area contributed by atoms with Crippen LogP contribution in [0.1, 0.15) is 34.6 Å². The van der Waals surface area contributed by atoms with Gasteiger partial charge in [0, 0.05) is 17.3 Å². The molecule has 0 saturated carbocycles. The van der Waals surface area contributed by atoms with Crippen molar-refractivity contribution in [1.29, 1.82) is 0 Å². The maximum atomic E-state index is 12.3. The summed E-state index contributed by atoms with van der Waals surface area (Å²) in [5, 5.41) is 21.0. The van der Waals surface area contributed by atoms with E-state index < -0.39 is 42.5 Å². The predicted molar refractivity (Wildman–Crippen MR) is 99.0 cm³/mol. The number of aliphatic hydroxyl groups excluding tert-OH is 1. The topological polar surface area (TPSA) is 144 Å². The summed E-state index contributed by atoms with van der Waals surface area (Å²) >= 11 is 0. The summed E-state index contributed by atoms with van der Waals surface area (Å²) in [5.41, 5.74) is 0.251. The maximum absolute atomic E-state index is 12.3. The van der Waals surface area contributed by atoms with Crippen molar-refractivity contribution in [3.05, 3.63) is 59.3 Å². The number of nitrogens with one attached hydrogen (secondary N) is 1. The van der Waals surface area contributed by atoms with Gasteiger partial charge < -0.3 is 15.5 Å². The summed E-state index contributed by atoms with van der Waals surface area (Å²) < 4.78 is 0. The lowest BCUT2D eigenvalue weighted by molar-refractivity contribution is -0.160. The first-order valence-corrected chi connectivity index (χ1v) is 8.37. The SMILES string of the molecule is C=C(C)C(=O)N(C=C(C)C(=O)NCN1C(=O)c2ccccc2C1=O)C(O)C(=O)O. The average molecular weight is 401 g/mol. The van der Waals surface area contributed by atoms with Gasteiger partial charge in [0.05, 0.1) is 11.1 Å². The molecule has 10 nitrogen and oxygen atoms in total. The minimum Gasteiger partial charge on any atom is -0.478 e. The van der Waals surface area contributed by atoms with Crippen molar-refractivity contribution in [3.63, 3.8) is 0 Å². The van der Waals surface area contributed by atoms with Gasteiger partial charge in [0.25, 0.3) is 17.7 Å². The van der Waals surface area contributed by atoms with Crippen LogP contribution in [0.4, 0.5) is 0 Å². The highest BCUT2D eigenvalue weighted by atomic mass is 16.4. The van der Waals surface area contributed by atoms with E-state index in [1.807, 2.05) is 0 Å². The molecule has 1 aromatic rings. The molecule has 0 aromatic heterocycles. The van der Waals surface area contributed by atoms with Crippen LogP contribution in [0.25, 0.3) is 0 Å². The Morgan fingerprint density at radius 1 is 1.17 bits per heavy atom. The molecular weight excluding hydrogens is 382 g/mol. The first-order valence-electron chi connectivity index (χ1n) is 8.37. The lowest BCUT2D eigenvalue weighted by Crippen LogP contribution is -2.43. The third-order valence-corrected chi connectivity index (χ3v) is 4.05. The number of nitrogens with zero attached hydrogens (tertiary/aromatic N) is 2. The third kappa shape index (κ3) is 4.38. The highest BCUT2D eigenvalue weighted by Gasteiger charge is 2.35. The number of carboxylic acid groups (broad SMARTS) is 1. The molecule has 1 unspecified atom stereocenters. The second kappa shape index (κ2) is 8.48. The van der Waals surface area contributed by atoms with Crippen molar-refractivity contribution >= 4 is 29.6 Å². The van der Waals surface area contributed by atoms with Gasteiger partial charge in [0.2, 0.25) is 12.1 Å².